The second kappa shape index (κ2) is 6.36. The van der Waals surface area contributed by atoms with Gasteiger partial charge in [0.1, 0.15) is 5.60 Å². The number of carboxylic acids is 1. The first-order chi connectivity index (χ1) is 9.19. The maximum absolute atomic E-state index is 11.8. The molecule has 20 heavy (non-hydrogen) atoms. The van der Waals surface area contributed by atoms with Crippen molar-refractivity contribution in [2.24, 2.45) is 0 Å². The zero-order valence-corrected chi connectivity index (χ0v) is 12.1. The number of amides is 1. The van der Waals surface area contributed by atoms with E-state index in [-0.39, 0.29) is 6.42 Å². The molecule has 0 saturated heterocycles. The average Bonchev–Trinajstić information content (AvgIpc) is 2.25. The Morgan fingerprint density at radius 1 is 1.45 bits per heavy atom. The molecule has 0 bridgehead atoms. The SMILES string of the molecule is Cc1ccncc1[C@@H](CC(=O)O)NC(=O)OC(C)(C)C. The Kier molecular flexibility index (Phi) is 5.07. The molecule has 2 N–H and O–H groups in total. The summed E-state index contributed by atoms with van der Waals surface area (Å²) < 4.78 is 5.15. The molecule has 0 spiro atoms. The summed E-state index contributed by atoms with van der Waals surface area (Å²) in [7, 11) is 0. The van der Waals surface area contributed by atoms with Crippen molar-refractivity contribution >= 4 is 12.1 Å². The van der Waals surface area contributed by atoms with E-state index in [9.17, 15) is 9.59 Å². The number of pyridine rings is 1. The van der Waals surface area contributed by atoms with Crippen LogP contribution in [0.2, 0.25) is 0 Å². The van der Waals surface area contributed by atoms with Crippen LogP contribution in [-0.4, -0.2) is 27.8 Å². The van der Waals surface area contributed by atoms with E-state index >= 15 is 0 Å². The summed E-state index contributed by atoms with van der Waals surface area (Å²) >= 11 is 0. The molecule has 1 amide bonds. The molecule has 0 radical (unpaired) electrons. The molecule has 1 aromatic rings. The van der Waals surface area contributed by atoms with Gasteiger partial charge >= 0.3 is 12.1 Å². The molecule has 1 atom stereocenters. The number of ether oxygens (including phenoxy) is 1. The van der Waals surface area contributed by atoms with Crippen molar-refractivity contribution in [3.63, 3.8) is 0 Å². The van der Waals surface area contributed by atoms with Crippen molar-refractivity contribution in [1.29, 1.82) is 0 Å². The number of hydrogen-bond acceptors (Lipinski definition) is 4. The maximum atomic E-state index is 11.8. The molecule has 1 rings (SSSR count). The lowest BCUT2D eigenvalue weighted by atomic mass is 10.0. The van der Waals surface area contributed by atoms with E-state index in [1.54, 1.807) is 39.2 Å². The van der Waals surface area contributed by atoms with Crippen LogP contribution >= 0.6 is 0 Å². The van der Waals surface area contributed by atoms with Gasteiger partial charge in [-0.15, -0.1) is 0 Å². The van der Waals surface area contributed by atoms with E-state index in [0.29, 0.717) is 5.56 Å². The van der Waals surface area contributed by atoms with Crippen LogP contribution in [0.25, 0.3) is 0 Å². The van der Waals surface area contributed by atoms with E-state index in [0.717, 1.165) is 5.56 Å². The number of hydrogen-bond donors (Lipinski definition) is 2. The van der Waals surface area contributed by atoms with Gasteiger partial charge in [-0.2, -0.15) is 0 Å². The van der Waals surface area contributed by atoms with Crippen molar-refractivity contribution in [1.82, 2.24) is 10.3 Å². The van der Waals surface area contributed by atoms with Crippen LogP contribution < -0.4 is 5.32 Å². The first-order valence-corrected chi connectivity index (χ1v) is 6.31. The molecule has 0 saturated carbocycles. The minimum atomic E-state index is -1.01. The van der Waals surface area contributed by atoms with E-state index < -0.39 is 23.7 Å². The summed E-state index contributed by atoms with van der Waals surface area (Å²) in [6.45, 7) is 7.07. The molecule has 110 valence electrons. The third kappa shape index (κ3) is 5.26. The third-order valence-electron chi connectivity index (χ3n) is 2.52. The monoisotopic (exact) mass is 280 g/mol. The number of nitrogens with one attached hydrogen (secondary N) is 1. The summed E-state index contributed by atoms with van der Waals surface area (Å²) in [6.07, 6.45) is 2.29. The van der Waals surface area contributed by atoms with Crippen molar-refractivity contribution in [3.05, 3.63) is 29.6 Å². The van der Waals surface area contributed by atoms with Gasteiger partial charge in [0.25, 0.3) is 0 Å². The van der Waals surface area contributed by atoms with E-state index in [1.807, 2.05) is 6.92 Å². The Morgan fingerprint density at radius 2 is 2.10 bits per heavy atom. The van der Waals surface area contributed by atoms with Gasteiger partial charge in [0, 0.05) is 12.4 Å². The molecule has 0 aliphatic carbocycles. The first-order valence-electron chi connectivity index (χ1n) is 6.31. The summed E-state index contributed by atoms with van der Waals surface area (Å²) in [5.74, 6) is -1.01. The van der Waals surface area contributed by atoms with Gasteiger partial charge < -0.3 is 15.2 Å². The standard InChI is InChI=1S/C14H20N2O4/c1-9-5-6-15-8-10(9)11(7-12(17)18)16-13(19)20-14(2,3)4/h5-6,8,11H,7H2,1-4H3,(H,16,19)(H,17,18)/t11-/m1/s1. The summed E-state index contributed by atoms with van der Waals surface area (Å²) in [5.41, 5.74) is 0.894. The van der Waals surface area contributed by atoms with Crippen LogP contribution in [0.15, 0.2) is 18.5 Å². The van der Waals surface area contributed by atoms with Gasteiger partial charge in [-0.05, 0) is 44.9 Å². The molecule has 0 aliphatic rings. The second-order valence-electron chi connectivity index (χ2n) is 5.53. The lowest BCUT2D eigenvalue weighted by Crippen LogP contribution is -2.36. The lowest BCUT2D eigenvalue weighted by Gasteiger charge is -2.23. The van der Waals surface area contributed by atoms with Gasteiger partial charge in [-0.3, -0.25) is 9.78 Å². The average molecular weight is 280 g/mol. The number of carbonyl (C=O) groups is 2. The van der Waals surface area contributed by atoms with Crippen molar-refractivity contribution in [2.45, 2.75) is 45.8 Å². The Labute approximate surface area is 118 Å². The minimum Gasteiger partial charge on any atom is -0.481 e. The van der Waals surface area contributed by atoms with Gasteiger partial charge in [-0.25, -0.2) is 4.79 Å². The number of carboxylic acid groups (broad SMARTS) is 1. The van der Waals surface area contributed by atoms with Crippen LogP contribution in [0.1, 0.15) is 44.4 Å². The molecule has 1 aromatic heterocycles. The van der Waals surface area contributed by atoms with Crippen LogP contribution in [-0.2, 0) is 9.53 Å². The van der Waals surface area contributed by atoms with Gasteiger partial charge in [0.15, 0.2) is 0 Å². The highest BCUT2D eigenvalue weighted by atomic mass is 16.6. The Morgan fingerprint density at radius 3 is 2.60 bits per heavy atom. The lowest BCUT2D eigenvalue weighted by molar-refractivity contribution is -0.137. The highest BCUT2D eigenvalue weighted by Crippen LogP contribution is 2.20. The van der Waals surface area contributed by atoms with E-state index in [4.69, 9.17) is 9.84 Å². The molecular weight excluding hydrogens is 260 g/mol. The van der Waals surface area contributed by atoms with Crippen molar-refractivity contribution < 1.29 is 19.4 Å². The molecule has 1 heterocycles. The fourth-order valence-electron chi connectivity index (χ4n) is 1.70. The van der Waals surface area contributed by atoms with Crippen LogP contribution in [0.5, 0.6) is 0 Å². The summed E-state index contributed by atoms with van der Waals surface area (Å²) in [4.78, 5) is 26.7. The Hall–Kier alpha value is -2.11. The van der Waals surface area contributed by atoms with Gasteiger partial charge in [-0.1, -0.05) is 0 Å². The van der Waals surface area contributed by atoms with E-state index in [2.05, 4.69) is 10.3 Å². The predicted octanol–water partition coefficient (Wildman–Crippen LogP) is 2.43. The fourth-order valence-corrected chi connectivity index (χ4v) is 1.70. The molecular formula is C14H20N2O4. The number of rotatable bonds is 4. The first kappa shape index (κ1) is 15.9. The van der Waals surface area contributed by atoms with E-state index in [1.165, 1.54) is 0 Å². The number of aryl methyl sites for hydroxylation is 1. The smallest absolute Gasteiger partial charge is 0.408 e. The number of alkyl carbamates (subject to hydrolysis) is 1. The largest absolute Gasteiger partial charge is 0.481 e. The molecule has 0 fully saturated rings. The minimum absolute atomic E-state index is 0.230. The molecule has 0 aromatic carbocycles. The number of aromatic nitrogens is 1. The Balaban J connectivity index is 2.88. The normalized spacial score (nSPS) is 12.6. The molecule has 6 nitrogen and oxygen atoms in total. The highest BCUT2D eigenvalue weighted by molar-refractivity contribution is 5.72. The quantitative estimate of drug-likeness (QED) is 0.884. The summed E-state index contributed by atoms with van der Waals surface area (Å²) in [5, 5.41) is 11.5. The summed E-state index contributed by atoms with van der Waals surface area (Å²) in [6, 6.07) is 1.09. The van der Waals surface area contributed by atoms with Gasteiger partial charge in [0.05, 0.1) is 12.5 Å². The number of aliphatic carboxylic acids is 1. The van der Waals surface area contributed by atoms with Crippen LogP contribution in [0, 0.1) is 6.92 Å². The maximum Gasteiger partial charge on any atom is 0.408 e. The van der Waals surface area contributed by atoms with Crippen molar-refractivity contribution in [3.8, 4) is 0 Å². The number of carbonyl (C=O) groups excluding carboxylic acids is 1. The second-order valence-corrected chi connectivity index (χ2v) is 5.53. The van der Waals surface area contributed by atoms with Gasteiger partial charge in [0.2, 0.25) is 0 Å². The third-order valence-corrected chi connectivity index (χ3v) is 2.52. The van der Waals surface area contributed by atoms with Crippen LogP contribution in [0.4, 0.5) is 4.79 Å². The van der Waals surface area contributed by atoms with Crippen LogP contribution in [0.3, 0.4) is 0 Å². The number of nitrogens with zero attached hydrogens (tertiary/aromatic N) is 1. The predicted molar refractivity (Wildman–Crippen MR) is 73.3 cm³/mol. The highest BCUT2D eigenvalue weighted by Gasteiger charge is 2.23. The molecule has 0 unspecified atom stereocenters. The zero-order chi connectivity index (χ0) is 15.3. The molecule has 0 aliphatic heterocycles. The zero-order valence-electron chi connectivity index (χ0n) is 12.1. The topological polar surface area (TPSA) is 88.5 Å². The van der Waals surface area contributed by atoms with Crippen molar-refractivity contribution in [2.75, 3.05) is 0 Å². The Bertz CT molecular complexity index is 494. The molecule has 6 heteroatoms. The fraction of sp³-hybridized carbons (Fsp3) is 0.500.